The number of nitrogens with zero attached hydrogens (tertiary/aromatic N) is 2. The van der Waals surface area contributed by atoms with E-state index in [2.05, 4.69) is 11.1 Å². The SMILES string of the molecule is Cc1ccc2cc(C#N)c(SCC(=O)c3ccc4c(c3)OCCO4)nc2c1C. The van der Waals surface area contributed by atoms with Crippen molar-refractivity contribution in [3.63, 3.8) is 0 Å². The van der Waals surface area contributed by atoms with Crippen LogP contribution in [0.15, 0.2) is 41.4 Å². The van der Waals surface area contributed by atoms with Crippen LogP contribution in [0.5, 0.6) is 11.5 Å². The maximum absolute atomic E-state index is 12.7. The van der Waals surface area contributed by atoms with Crippen LogP contribution in [0.2, 0.25) is 0 Å². The van der Waals surface area contributed by atoms with Crippen molar-refractivity contribution in [2.75, 3.05) is 19.0 Å². The Kier molecular flexibility index (Phi) is 4.93. The van der Waals surface area contributed by atoms with E-state index >= 15 is 0 Å². The fourth-order valence-electron chi connectivity index (χ4n) is 3.09. The van der Waals surface area contributed by atoms with E-state index in [1.165, 1.54) is 11.8 Å². The average Bonchev–Trinajstić information content (AvgIpc) is 2.73. The summed E-state index contributed by atoms with van der Waals surface area (Å²) in [5.41, 5.74) is 4.14. The molecule has 0 aliphatic carbocycles. The van der Waals surface area contributed by atoms with E-state index in [-0.39, 0.29) is 11.5 Å². The second-order valence-electron chi connectivity index (χ2n) is 6.60. The van der Waals surface area contributed by atoms with E-state index in [1.807, 2.05) is 32.0 Å². The zero-order valence-corrected chi connectivity index (χ0v) is 16.4. The number of aromatic nitrogens is 1. The van der Waals surface area contributed by atoms with Gasteiger partial charge in [-0.25, -0.2) is 4.98 Å². The first-order valence-corrected chi connectivity index (χ1v) is 9.92. The Morgan fingerprint density at radius 2 is 1.93 bits per heavy atom. The molecule has 0 saturated heterocycles. The molecule has 1 aromatic heterocycles. The minimum Gasteiger partial charge on any atom is -0.486 e. The summed E-state index contributed by atoms with van der Waals surface area (Å²) in [7, 11) is 0. The number of benzene rings is 2. The molecule has 5 nitrogen and oxygen atoms in total. The number of pyridine rings is 1. The second-order valence-corrected chi connectivity index (χ2v) is 7.57. The number of ether oxygens (including phenoxy) is 2. The van der Waals surface area contributed by atoms with E-state index < -0.39 is 0 Å². The van der Waals surface area contributed by atoms with Crippen molar-refractivity contribution in [2.45, 2.75) is 18.9 Å². The van der Waals surface area contributed by atoms with Gasteiger partial charge in [0.05, 0.1) is 16.8 Å². The first-order chi connectivity index (χ1) is 13.6. The largest absolute Gasteiger partial charge is 0.486 e. The van der Waals surface area contributed by atoms with E-state index in [0.29, 0.717) is 40.9 Å². The topological polar surface area (TPSA) is 72.2 Å². The first kappa shape index (κ1) is 18.3. The minimum atomic E-state index is -0.0475. The van der Waals surface area contributed by atoms with Crippen molar-refractivity contribution in [3.05, 3.63) is 58.7 Å². The number of aryl methyl sites for hydroxylation is 2. The van der Waals surface area contributed by atoms with Crippen LogP contribution in [0.4, 0.5) is 0 Å². The third kappa shape index (κ3) is 3.41. The lowest BCUT2D eigenvalue weighted by molar-refractivity contribution is 0.102. The molecule has 1 aliphatic rings. The van der Waals surface area contributed by atoms with Gasteiger partial charge in [0.25, 0.3) is 0 Å². The quantitative estimate of drug-likeness (QED) is 0.483. The van der Waals surface area contributed by atoms with Crippen molar-refractivity contribution < 1.29 is 14.3 Å². The summed E-state index contributed by atoms with van der Waals surface area (Å²) in [6.45, 7) is 5.04. The van der Waals surface area contributed by atoms with Crippen LogP contribution in [0.3, 0.4) is 0 Å². The first-order valence-electron chi connectivity index (χ1n) is 8.93. The molecule has 0 atom stereocenters. The van der Waals surface area contributed by atoms with Crippen LogP contribution in [0.25, 0.3) is 10.9 Å². The van der Waals surface area contributed by atoms with Crippen LogP contribution in [0.1, 0.15) is 27.0 Å². The molecule has 2 aromatic carbocycles. The molecule has 1 aliphatic heterocycles. The van der Waals surface area contributed by atoms with Crippen LogP contribution in [-0.4, -0.2) is 29.7 Å². The van der Waals surface area contributed by atoms with Crippen molar-refractivity contribution >= 4 is 28.4 Å². The number of rotatable bonds is 4. The molecule has 140 valence electrons. The molecule has 0 fully saturated rings. The number of carbonyl (C=O) groups excluding carboxylic acids is 1. The fourth-order valence-corrected chi connectivity index (χ4v) is 3.94. The Balaban J connectivity index is 1.59. The lowest BCUT2D eigenvalue weighted by atomic mass is 10.0. The van der Waals surface area contributed by atoms with Gasteiger partial charge in [-0.05, 0) is 49.2 Å². The van der Waals surface area contributed by atoms with Gasteiger partial charge in [-0.15, -0.1) is 0 Å². The molecular weight excluding hydrogens is 372 g/mol. The summed E-state index contributed by atoms with van der Waals surface area (Å²) >= 11 is 1.29. The highest BCUT2D eigenvalue weighted by molar-refractivity contribution is 8.00. The Labute approximate surface area is 167 Å². The molecule has 0 N–H and O–H groups in total. The number of hydrogen-bond acceptors (Lipinski definition) is 6. The van der Waals surface area contributed by atoms with Crippen LogP contribution in [-0.2, 0) is 0 Å². The summed E-state index contributed by atoms with van der Waals surface area (Å²) in [6, 6.07) is 13.2. The Bertz CT molecular complexity index is 1130. The van der Waals surface area contributed by atoms with E-state index in [1.54, 1.807) is 18.2 Å². The number of Topliss-reactive ketones (excluding diaryl/α,β-unsaturated/α-hetero) is 1. The number of carbonyl (C=O) groups is 1. The number of thioether (sulfide) groups is 1. The highest BCUT2D eigenvalue weighted by Gasteiger charge is 2.17. The second kappa shape index (κ2) is 7.53. The van der Waals surface area contributed by atoms with Crippen LogP contribution < -0.4 is 9.47 Å². The molecule has 0 bridgehead atoms. The minimum absolute atomic E-state index is 0.0475. The lowest BCUT2D eigenvalue weighted by Gasteiger charge is -2.18. The van der Waals surface area contributed by atoms with Gasteiger partial charge in [0, 0.05) is 10.9 Å². The summed E-state index contributed by atoms with van der Waals surface area (Å²) in [4.78, 5) is 17.3. The number of hydrogen-bond donors (Lipinski definition) is 0. The third-order valence-corrected chi connectivity index (χ3v) is 5.79. The van der Waals surface area contributed by atoms with Gasteiger partial charge >= 0.3 is 0 Å². The van der Waals surface area contributed by atoms with Crippen molar-refractivity contribution in [2.24, 2.45) is 0 Å². The summed E-state index contributed by atoms with van der Waals surface area (Å²) < 4.78 is 11.0. The van der Waals surface area contributed by atoms with Crippen LogP contribution >= 0.6 is 11.8 Å². The average molecular weight is 390 g/mol. The lowest BCUT2D eigenvalue weighted by Crippen LogP contribution is -2.16. The van der Waals surface area contributed by atoms with Crippen molar-refractivity contribution in [1.82, 2.24) is 4.98 Å². The van der Waals surface area contributed by atoms with Gasteiger partial charge in [-0.1, -0.05) is 23.9 Å². The number of ketones is 1. The molecule has 0 radical (unpaired) electrons. The molecule has 2 heterocycles. The van der Waals surface area contributed by atoms with Gasteiger partial charge < -0.3 is 9.47 Å². The molecule has 0 spiro atoms. The third-order valence-electron chi connectivity index (χ3n) is 4.80. The van der Waals surface area contributed by atoms with Gasteiger partial charge in [-0.3, -0.25) is 4.79 Å². The molecular formula is C22H18N2O3S. The molecule has 0 unspecified atom stereocenters. The molecule has 0 saturated carbocycles. The maximum Gasteiger partial charge on any atom is 0.173 e. The zero-order chi connectivity index (χ0) is 19.7. The standard InChI is InChI=1S/C22H18N2O3S/c1-13-3-4-16-9-17(11-23)22(24-21(16)14(13)2)28-12-18(25)15-5-6-19-20(10-15)27-8-7-26-19/h3-6,9-10H,7-8,12H2,1-2H3. The predicted octanol–water partition coefficient (Wildman–Crippen LogP) is 4.47. The van der Waals surface area contributed by atoms with Gasteiger partial charge in [0.15, 0.2) is 17.3 Å². The molecule has 28 heavy (non-hydrogen) atoms. The normalized spacial score (nSPS) is 12.6. The summed E-state index contributed by atoms with van der Waals surface area (Å²) in [5, 5.41) is 11.0. The number of fused-ring (bicyclic) bond motifs is 2. The Morgan fingerprint density at radius 1 is 1.14 bits per heavy atom. The molecule has 6 heteroatoms. The molecule has 4 rings (SSSR count). The maximum atomic E-state index is 12.7. The molecule has 3 aromatic rings. The van der Waals surface area contributed by atoms with Crippen molar-refractivity contribution in [3.8, 4) is 17.6 Å². The highest BCUT2D eigenvalue weighted by Crippen LogP contribution is 2.32. The Hall–Kier alpha value is -3.04. The highest BCUT2D eigenvalue weighted by atomic mass is 32.2. The molecule has 0 amide bonds. The van der Waals surface area contributed by atoms with Gasteiger partial charge in [0.2, 0.25) is 0 Å². The zero-order valence-electron chi connectivity index (χ0n) is 15.6. The number of nitriles is 1. The van der Waals surface area contributed by atoms with E-state index in [4.69, 9.17) is 9.47 Å². The van der Waals surface area contributed by atoms with E-state index in [9.17, 15) is 10.1 Å². The van der Waals surface area contributed by atoms with Crippen LogP contribution in [0, 0.1) is 25.2 Å². The summed E-state index contributed by atoms with van der Waals surface area (Å²) in [6.07, 6.45) is 0. The summed E-state index contributed by atoms with van der Waals surface area (Å²) in [5.74, 6) is 1.39. The fraction of sp³-hybridized carbons (Fsp3) is 0.227. The van der Waals surface area contributed by atoms with Gasteiger partial charge in [0.1, 0.15) is 24.3 Å². The van der Waals surface area contributed by atoms with E-state index in [0.717, 1.165) is 22.0 Å². The smallest absolute Gasteiger partial charge is 0.173 e. The van der Waals surface area contributed by atoms with Gasteiger partial charge in [-0.2, -0.15) is 5.26 Å². The monoisotopic (exact) mass is 390 g/mol. The Morgan fingerprint density at radius 3 is 2.71 bits per heavy atom. The predicted molar refractivity (Wildman–Crippen MR) is 108 cm³/mol. The van der Waals surface area contributed by atoms with Crippen molar-refractivity contribution in [1.29, 1.82) is 5.26 Å².